The van der Waals surface area contributed by atoms with E-state index in [-0.39, 0.29) is 60.6 Å². The molecule has 0 spiro atoms. The molecule has 1 aliphatic carbocycles. The van der Waals surface area contributed by atoms with E-state index in [1.54, 1.807) is 6.07 Å². The zero-order chi connectivity index (χ0) is 34.8. The van der Waals surface area contributed by atoms with Gasteiger partial charge in [-0.1, -0.05) is 60.7 Å². The molecule has 3 aliphatic rings. The number of carbonyl (C=O) groups is 1. The number of anilines is 1. The van der Waals surface area contributed by atoms with E-state index in [9.17, 15) is 18.3 Å². The number of carbonyl (C=O) groups excluding carboxylic acids is 1. The number of oxazole rings is 1. The summed E-state index contributed by atoms with van der Waals surface area (Å²) in [6.07, 6.45) is -0.324. The summed E-state index contributed by atoms with van der Waals surface area (Å²) in [5.74, 6) is -0.472. The van der Waals surface area contributed by atoms with Crippen molar-refractivity contribution in [1.29, 1.82) is 0 Å². The number of nitrogens with one attached hydrogen (secondary N) is 2. The van der Waals surface area contributed by atoms with Crippen LogP contribution in [0.4, 0.5) is 6.01 Å². The van der Waals surface area contributed by atoms with Crippen LogP contribution < -0.4 is 10.1 Å². The number of nitrogens with zero attached hydrogens (tertiary/aromatic N) is 2. The number of hydrogen-bond donors (Lipinski definition) is 3. The third-order valence-electron chi connectivity index (χ3n) is 9.82. The van der Waals surface area contributed by atoms with Gasteiger partial charge in [0.05, 0.1) is 30.6 Å². The molecule has 0 radical (unpaired) electrons. The second kappa shape index (κ2) is 14.8. The average Bonchev–Trinajstić information content (AvgIpc) is 3.76. The Morgan fingerprint density at radius 3 is 2.46 bits per heavy atom. The van der Waals surface area contributed by atoms with Crippen molar-refractivity contribution in [3.63, 3.8) is 0 Å². The van der Waals surface area contributed by atoms with E-state index in [1.165, 1.54) is 17.1 Å². The second-order valence-corrected chi connectivity index (χ2v) is 15.6. The van der Waals surface area contributed by atoms with E-state index in [1.807, 2.05) is 74.5 Å². The molecule has 5 unspecified atom stereocenters. The molecule has 50 heavy (non-hydrogen) atoms. The van der Waals surface area contributed by atoms with Crippen LogP contribution in [0.2, 0.25) is 0 Å². The summed E-state index contributed by atoms with van der Waals surface area (Å²) >= 11 is 0. The Labute approximate surface area is 292 Å². The van der Waals surface area contributed by atoms with Crippen molar-refractivity contribution in [2.45, 2.75) is 69.1 Å². The van der Waals surface area contributed by atoms with Crippen molar-refractivity contribution in [2.24, 2.45) is 23.7 Å². The van der Waals surface area contributed by atoms with Gasteiger partial charge in [0.15, 0.2) is 11.9 Å². The zero-order valence-corrected chi connectivity index (χ0v) is 29.0. The number of aliphatic hydroxyl groups excluding tert-OH is 1. The molecule has 3 N–H and O–H groups in total. The molecule has 3 aromatic carbocycles. The summed E-state index contributed by atoms with van der Waals surface area (Å²) in [4.78, 5) is 20.7. The average molecular weight is 705 g/mol. The van der Waals surface area contributed by atoms with E-state index in [4.69, 9.17) is 18.6 Å². The van der Waals surface area contributed by atoms with Crippen LogP contribution >= 0.6 is 0 Å². The van der Waals surface area contributed by atoms with Gasteiger partial charge in [-0.05, 0) is 56.0 Å². The SMILES string of the molecule is CC(C)Nc1nc2cc(S(=O)(=O)NN(Cc3ccccc3)C[C@@H](O)[C@@H](CC(=O)OC3C4COC5OCC3C5C4)Cc3ccccc3)ccc2o1. The fraction of sp³-hybridized carbons (Fsp3) is 0.459. The van der Waals surface area contributed by atoms with Gasteiger partial charge >= 0.3 is 5.97 Å². The van der Waals surface area contributed by atoms with Crippen LogP contribution in [0.25, 0.3) is 11.1 Å². The lowest BCUT2D eigenvalue weighted by Crippen LogP contribution is -2.47. The first kappa shape index (κ1) is 34.6. The second-order valence-electron chi connectivity index (χ2n) is 13.9. The Kier molecular flexibility index (Phi) is 10.2. The van der Waals surface area contributed by atoms with Crippen LogP contribution in [0.5, 0.6) is 0 Å². The van der Waals surface area contributed by atoms with Crippen LogP contribution in [-0.2, 0) is 42.0 Å². The van der Waals surface area contributed by atoms with Crippen molar-refractivity contribution >= 4 is 33.1 Å². The molecule has 13 heteroatoms. The Bertz CT molecular complexity index is 1870. The fourth-order valence-corrected chi connectivity index (χ4v) is 8.54. The molecule has 2 aliphatic heterocycles. The van der Waals surface area contributed by atoms with E-state index >= 15 is 0 Å². The Balaban J connectivity index is 1.10. The van der Waals surface area contributed by atoms with Crippen molar-refractivity contribution in [2.75, 3.05) is 25.1 Å². The maximum atomic E-state index is 13.8. The largest absolute Gasteiger partial charge is 0.462 e. The predicted molar refractivity (Wildman–Crippen MR) is 185 cm³/mol. The predicted octanol–water partition coefficient (Wildman–Crippen LogP) is 4.50. The number of fused-ring (bicyclic) bond motifs is 2. The highest BCUT2D eigenvalue weighted by atomic mass is 32.2. The summed E-state index contributed by atoms with van der Waals surface area (Å²) in [6, 6.07) is 23.9. The van der Waals surface area contributed by atoms with Crippen molar-refractivity contribution in [3.8, 4) is 0 Å². The topological polar surface area (TPSA) is 152 Å². The third-order valence-corrected chi connectivity index (χ3v) is 11.2. The fourth-order valence-electron chi connectivity index (χ4n) is 7.44. The van der Waals surface area contributed by atoms with Crippen LogP contribution in [0.3, 0.4) is 0 Å². The Morgan fingerprint density at radius 2 is 1.72 bits per heavy atom. The van der Waals surface area contributed by atoms with Crippen LogP contribution in [0.15, 0.2) is 88.2 Å². The monoisotopic (exact) mass is 704 g/mol. The summed E-state index contributed by atoms with van der Waals surface area (Å²) in [5.41, 5.74) is 2.63. The summed E-state index contributed by atoms with van der Waals surface area (Å²) < 4.78 is 51.1. The molecule has 3 fully saturated rings. The lowest BCUT2D eigenvalue weighted by Gasteiger charge is -2.31. The van der Waals surface area contributed by atoms with E-state index in [2.05, 4.69) is 15.1 Å². The molecule has 0 amide bonds. The number of ether oxygens (including phenoxy) is 3. The summed E-state index contributed by atoms with van der Waals surface area (Å²) in [5, 5.41) is 16.4. The van der Waals surface area contributed by atoms with Crippen LogP contribution in [0, 0.1) is 23.7 Å². The van der Waals surface area contributed by atoms with Crippen LogP contribution in [-0.4, -0.2) is 73.8 Å². The minimum atomic E-state index is -4.12. The molecule has 7 atom stereocenters. The molecular formula is C37H44N4O8S. The third kappa shape index (κ3) is 7.88. The number of rotatable bonds is 15. The van der Waals surface area contributed by atoms with Gasteiger partial charge < -0.3 is 29.1 Å². The zero-order valence-electron chi connectivity index (χ0n) is 28.2. The lowest BCUT2D eigenvalue weighted by molar-refractivity contribution is -0.178. The Hall–Kier alpha value is -3.85. The number of esters is 1. The summed E-state index contributed by atoms with van der Waals surface area (Å²) in [7, 11) is -4.12. The molecule has 3 heterocycles. The van der Waals surface area contributed by atoms with Gasteiger partial charge in [-0.2, -0.15) is 4.98 Å². The first-order valence-electron chi connectivity index (χ1n) is 17.2. The highest BCUT2D eigenvalue weighted by Crippen LogP contribution is 2.49. The molecule has 12 nitrogen and oxygen atoms in total. The maximum absolute atomic E-state index is 13.8. The van der Waals surface area contributed by atoms with Gasteiger partial charge in [0.1, 0.15) is 11.6 Å². The number of benzene rings is 3. The maximum Gasteiger partial charge on any atom is 0.306 e. The number of aromatic nitrogens is 1. The standard InChI is InChI=1S/C37H44N4O8S/c1-23(2)38-37-39-31-18-28(13-14-33(31)48-37)50(44,45)40-41(19-25-11-7-4-8-12-25)20-32(42)26(15-24-9-5-3-6-10-24)17-34(43)49-35-27-16-29-30(35)22-47-36(29)46-21-27/h3-14,18,23,26-27,29-30,32,35-36,40,42H,15-17,19-22H2,1-2H3,(H,38,39)/t26-,27?,29?,30?,32-,35?,36?/m1/s1. The van der Waals surface area contributed by atoms with Gasteiger partial charge in [-0.3, -0.25) is 4.79 Å². The molecule has 266 valence electrons. The molecule has 7 rings (SSSR count). The van der Waals surface area contributed by atoms with Gasteiger partial charge in [0.2, 0.25) is 0 Å². The van der Waals surface area contributed by atoms with Gasteiger partial charge in [-0.15, -0.1) is 4.83 Å². The lowest BCUT2D eigenvalue weighted by atomic mass is 9.90. The Morgan fingerprint density at radius 1 is 1.00 bits per heavy atom. The number of hydrogen-bond acceptors (Lipinski definition) is 11. The molecule has 2 saturated heterocycles. The van der Waals surface area contributed by atoms with Crippen molar-refractivity contribution in [1.82, 2.24) is 14.8 Å². The highest BCUT2D eigenvalue weighted by molar-refractivity contribution is 7.89. The molecule has 1 aromatic heterocycles. The molecule has 4 aromatic rings. The van der Waals surface area contributed by atoms with Crippen molar-refractivity contribution in [3.05, 3.63) is 90.0 Å². The highest BCUT2D eigenvalue weighted by Gasteiger charge is 2.56. The normalized spacial score (nSPS) is 24.1. The summed E-state index contributed by atoms with van der Waals surface area (Å²) in [6.45, 7) is 4.99. The van der Waals surface area contributed by atoms with E-state index in [0.29, 0.717) is 36.7 Å². The first-order valence-corrected chi connectivity index (χ1v) is 18.7. The number of hydrazine groups is 1. The quantitative estimate of drug-likeness (QED) is 0.118. The van der Waals surface area contributed by atoms with E-state index < -0.39 is 28.0 Å². The van der Waals surface area contributed by atoms with Gasteiger partial charge in [0.25, 0.3) is 16.0 Å². The molecule has 1 saturated carbocycles. The van der Waals surface area contributed by atoms with Gasteiger partial charge in [0, 0.05) is 42.8 Å². The molecule has 2 bridgehead atoms. The van der Waals surface area contributed by atoms with Gasteiger partial charge in [-0.25, -0.2) is 13.4 Å². The smallest absolute Gasteiger partial charge is 0.306 e. The minimum absolute atomic E-state index is 0.00440. The number of sulfonamides is 1. The van der Waals surface area contributed by atoms with E-state index in [0.717, 1.165) is 17.5 Å². The van der Waals surface area contributed by atoms with Crippen molar-refractivity contribution < 1.29 is 36.9 Å². The first-order chi connectivity index (χ1) is 24.1. The number of aliphatic hydroxyl groups is 1. The molecular weight excluding hydrogens is 660 g/mol. The minimum Gasteiger partial charge on any atom is -0.462 e. The van der Waals surface area contributed by atoms with Crippen LogP contribution in [0.1, 0.15) is 37.8 Å².